The molecular formula is C65H42N2O2. The normalized spacial score (nSPS) is 12.7. The highest BCUT2D eigenvalue weighted by atomic mass is 16.6. The molecule has 0 bridgehead atoms. The minimum Gasteiger partial charge on any atom is -0.449 e. The van der Waals surface area contributed by atoms with Gasteiger partial charge in [0.25, 0.3) is 0 Å². The summed E-state index contributed by atoms with van der Waals surface area (Å²) in [6.45, 7) is 0. The molecule has 0 fully saturated rings. The Hall–Kier alpha value is -9.12. The van der Waals surface area contributed by atoms with Gasteiger partial charge in [-0.05, 0) is 85.5 Å². The van der Waals surface area contributed by atoms with Gasteiger partial charge in [-0.1, -0.05) is 231 Å². The third-order valence-electron chi connectivity index (χ3n) is 13.7. The number of benzene rings is 10. The molecule has 4 nitrogen and oxygen atoms in total. The Morgan fingerprint density at radius 2 is 0.725 bits per heavy atom. The van der Waals surface area contributed by atoms with Crippen LogP contribution in [0.15, 0.2) is 255 Å². The Bertz CT molecular complexity index is 3530. The summed E-state index contributed by atoms with van der Waals surface area (Å²) in [5, 5.41) is 0. The van der Waals surface area contributed by atoms with E-state index < -0.39 is 5.41 Å². The van der Waals surface area contributed by atoms with E-state index in [4.69, 9.17) is 19.4 Å². The quantitative estimate of drug-likeness (QED) is 0.152. The van der Waals surface area contributed by atoms with Gasteiger partial charge in [-0.25, -0.2) is 9.97 Å². The lowest BCUT2D eigenvalue weighted by Crippen LogP contribution is -2.28. The van der Waals surface area contributed by atoms with E-state index >= 15 is 0 Å². The van der Waals surface area contributed by atoms with E-state index in [1.165, 1.54) is 33.4 Å². The van der Waals surface area contributed by atoms with Crippen molar-refractivity contribution in [2.24, 2.45) is 0 Å². The lowest BCUT2D eigenvalue weighted by molar-refractivity contribution is 0.360. The summed E-state index contributed by atoms with van der Waals surface area (Å²) in [4.78, 5) is 10.3. The molecule has 0 unspecified atom stereocenters. The molecule has 11 aromatic rings. The molecule has 0 saturated carbocycles. The summed E-state index contributed by atoms with van der Waals surface area (Å²) in [6.07, 6.45) is 0. The average Bonchev–Trinajstić information content (AvgIpc) is 3.75. The molecule has 0 saturated heterocycles. The summed E-state index contributed by atoms with van der Waals surface area (Å²) in [7, 11) is 0. The van der Waals surface area contributed by atoms with Gasteiger partial charge in [0.2, 0.25) is 0 Å². The molecule has 324 valence electrons. The van der Waals surface area contributed by atoms with Gasteiger partial charge in [-0.15, -0.1) is 0 Å². The maximum Gasteiger partial charge on any atom is 0.178 e. The van der Waals surface area contributed by atoms with Crippen LogP contribution in [-0.2, 0) is 5.41 Å². The third kappa shape index (κ3) is 6.92. The minimum atomic E-state index is -0.527. The monoisotopic (exact) mass is 882 g/mol. The van der Waals surface area contributed by atoms with Crippen LogP contribution in [0.3, 0.4) is 0 Å². The van der Waals surface area contributed by atoms with Gasteiger partial charge in [0.05, 0.1) is 16.8 Å². The van der Waals surface area contributed by atoms with Crippen molar-refractivity contribution in [2.45, 2.75) is 5.41 Å². The first-order valence-electron chi connectivity index (χ1n) is 23.4. The molecule has 0 radical (unpaired) electrons. The van der Waals surface area contributed by atoms with Crippen molar-refractivity contribution in [3.05, 3.63) is 277 Å². The number of aromatic nitrogens is 2. The molecule has 0 spiro atoms. The molecule has 1 aliphatic heterocycles. The maximum absolute atomic E-state index is 6.92. The average molecular weight is 883 g/mol. The zero-order valence-corrected chi connectivity index (χ0v) is 37.5. The second-order valence-electron chi connectivity index (χ2n) is 17.6. The molecule has 0 amide bonds. The highest BCUT2D eigenvalue weighted by molar-refractivity contribution is 5.92. The molecular weight excluding hydrogens is 841 g/mol. The van der Waals surface area contributed by atoms with E-state index in [2.05, 4.69) is 237 Å². The highest BCUT2D eigenvalue weighted by Crippen LogP contribution is 2.62. The summed E-state index contributed by atoms with van der Waals surface area (Å²) < 4.78 is 13.7. The molecule has 2 heterocycles. The van der Waals surface area contributed by atoms with Gasteiger partial charge in [-0.3, -0.25) is 0 Å². The van der Waals surface area contributed by atoms with E-state index in [9.17, 15) is 0 Å². The van der Waals surface area contributed by atoms with Crippen molar-refractivity contribution in [3.63, 3.8) is 0 Å². The second-order valence-corrected chi connectivity index (χ2v) is 17.6. The lowest BCUT2D eigenvalue weighted by Gasteiger charge is -2.34. The standard InChI is InChI=1S/C65H42N2O2/c1-5-15-43(16-6-1)45-25-31-48(32-26-45)57-42-58(67-64(66-57)50-35-29-46(30-36-50)44-17-7-2-8-18-44)49-33-27-47(28-34-49)51-37-39-59-61(41-51)68-60-40-38-56-62(63(60)69-59)54-23-13-14-24-55(54)65(56,52-19-9-3-10-20-52)53-21-11-4-12-22-53/h1-42H. The largest absolute Gasteiger partial charge is 0.449 e. The van der Waals surface area contributed by atoms with Crippen molar-refractivity contribution in [1.29, 1.82) is 0 Å². The number of fused-ring (bicyclic) bond motifs is 6. The summed E-state index contributed by atoms with van der Waals surface area (Å²) in [5.41, 5.74) is 17.9. The highest BCUT2D eigenvalue weighted by Gasteiger charge is 2.48. The molecule has 0 atom stereocenters. The summed E-state index contributed by atoms with van der Waals surface area (Å²) in [5.74, 6) is 3.46. The zero-order valence-electron chi connectivity index (χ0n) is 37.5. The first kappa shape index (κ1) is 40.2. The van der Waals surface area contributed by atoms with Crippen molar-refractivity contribution in [1.82, 2.24) is 9.97 Å². The minimum absolute atomic E-state index is 0.527. The van der Waals surface area contributed by atoms with Crippen LogP contribution in [0.2, 0.25) is 0 Å². The summed E-state index contributed by atoms with van der Waals surface area (Å²) in [6, 6.07) is 89.5. The first-order valence-corrected chi connectivity index (χ1v) is 23.4. The van der Waals surface area contributed by atoms with Crippen LogP contribution in [0.1, 0.15) is 22.3 Å². The fourth-order valence-electron chi connectivity index (χ4n) is 10.4. The van der Waals surface area contributed by atoms with Gasteiger partial charge in [-0.2, -0.15) is 0 Å². The molecule has 13 rings (SSSR count). The predicted octanol–water partition coefficient (Wildman–Crippen LogP) is 16.7. The number of hydrogen-bond acceptors (Lipinski definition) is 4. The number of rotatable bonds is 8. The Morgan fingerprint density at radius 3 is 1.29 bits per heavy atom. The maximum atomic E-state index is 6.92. The van der Waals surface area contributed by atoms with Gasteiger partial charge in [0.15, 0.2) is 28.8 Å². The molecule has 69 heavy (non-hydrogen) atoms. The van der Waals surface area contributed by atoms with Gasteiger partial charge >= 0.3 is 0 Å². The molecule has 4 heteroatoms. The SMILES string of the molecule is c1ccc(-c2ccc(-c3cc(-c4ccc(-c5ccc6c(c5)Oc5ccc7c(c5O6)-c5ccccc5C7(c5ccccc5)c5ccccc5)cc4)nc(-c4ccc(-c5ccccc5)cc4)n3)cc2)cc1. The van der Waals surface area contributed by atoms with Gasteiger partial charge < -0.3 is 9.47 Å². The van der Waals surface area contributed by atoms with E-state index in [0.29, 0.717) is 23.1 Å². The smallest absolute Gasteiger partial charge is 0.178 e. The van der Waals surface area contributed by atoms with Crippen LogP contribution in [0.4, 0.5) is 0 Å². The van der Waals surface area contributed by atoms with Crippen LogP contribution in [0.5, 0.6) is 23.0 Å². The van der Waals surface area contributed by atoms with E-state index in [0.717, 1.165) is 67.2 Å². The fourth-order valence-corrected chi connectivity index (χ4v) is 10.4. The molecule has 1 aromatic heterocycles. The van der Waals surface area contributed by atoms with Gasteiger partial charge in [0.1, 0.15) is 0 Å². The van der Waals surface area contributed by atoms with E-state index in [1.807, 2.05) is 18.2 Å². The lowest BCUT2D eigenvalue weighted by atomic mass is 9.68. The van der Waals surface area contributed by atoms with Crippen molar-refractivity contribution in [3.8, 4) is 101 Å². The Morgan fingerprint density at radius 1 is 0.290 bits per heavy atom. The van der Waals surface area contributed by atoms with Gasteiger partial charge in [0, 0.05) is 22.3 Å². The van der Waals surface area contributed by atoms with E-state index in [-0.39, 0.29) is 0 Å². The van der Waals surface area contributed by atoms with Crippen LogP contribution < -0.4 is 9.47 Å². The second kappa shape index (κ2) is 16.6. The fraction of sp³-hybridized carbons (Fsp3) is 0.0154. The molecule has 0 N–H and O–H groups in total. The third-order valence-corrected chi connectivity index (χ3v) is 13.7. The molecule has 1 aliphatic carbocycles. The molecule has 2 aliphatic rings. The van der Waals surface area contributed by atoms with Crippen LogP contribution in [-0.4, -0.2) is 9.97 Å². The first-order chi connectivity index (χ1) is 34.2. The Kier molecular flexibility index (Phi) is 9.69. The van der Waals surface area contributed by atoms with Crippen LogP contribution in [0, 0.1) is 0 Å². The van der Waals surface area contributed by atoms with E-state index in [1.54, 1.807) is 0 Å². The van der Waals surface area contributed by atoms with Crippen LogP contribution in [0.25, 0.3) is 78.4 Å². The predicted molar refractivity (Wildman–Crippen MR) is 279 cm³/mol. The zero-order chi connectivity index (χ0) is 45.7. The van der Waals surface area contributed by atoms with Crippen molar-refractivity contribution < 1.29 is 9.47 Å². The Labute approximate surface area is 401 Å². The topological polar surface area (TPSA) is 44.2 Å². The number of nitrogens with zero attached hydrogens (tertiary/aromatic N) is 2. The van der Waals surface area contributed by atoms with Crippen molar-refractivity contribution in [2.75, 3.05) is 0 Å². The van der Waals surface area contributed by atoms with Crippen molar-refractivity contribution >= 4 is 0 Å². The Balaban J connectivity index is 0.834. The number of ether oxygens (including phenoxy) is 2. The van der Waals surface area contributed by atoms with Crippen LogP contribution >= 0.6 is 0 Å². The summed E-state index contributed by atoms with van der Waals surface area (Å²) >= 11 is 0. The number of hydrogen-bond donors (Lipinski definition) is 0. The molecule has 10 aromatic carbocycles.